The van der Waals surface area contributed by atoms with E-state index in [0.717, 1.165) is 24.5 Å². The molecule has 0 saturated carbocycles. The zero-order chi connectivity index (χ0) is 13.2. The molecule has 102 valence electrons. The van der Waals surface area contributed by atoms with Crippen molar-refractivity contribution in [2.75, 3.05) is 38.8 Å². The number of carbonyl (C=O) groups is 1. The molecule has 2 heterocycles. The molecule has 0 spiro atoms. The number of benzene rings is 1. The highest BCUT2D eigenvalue weighted by molar-refractivity contribution is 5.92. The van der Waals surface area contributed by atoms with Crippen LogP contribution in [0.2, 0.25) is 0 Å². The van der Waals surface area contributed by atoms with Crippen LogP contribution in [0.1, 0.15) is 0 Å². The highest BCUT2D eigenvalue weighted by Gasteiger charge is 2.23. The van der Waals surface area contributed by atoms with Crippen molar-refractivity contribution < 1.29 is 14.3 Å². The van der Waals surface area contributed by atoms with E-state index in [1.165, 1.54) is 0 Å². The topological polar surface area (TPSA) is 62.8 Å². The summed E-state index contributed by atoms with van der Waals surface area (Å²) in [7, 11) is 1.96. The van der Waals surface area contributed by atoms with E-state index >= 15 is 0 Å². The number of rotatable bonds is 4. The minimum Gasteiger partial charge on any atom is -0.454 e. The predicted molar refractivity (Wildman–Crippen MR) is 70.5 cm³/mol. The third kappa shape index (κ3) is 2.64. The second-order valence-corrected chi connectivity index (χ2v) is 4.84. The SMILES string of the molecule is CN(CC(=O)Nc1ccc2c(c1)OCO2)C1CNC1. The van der Waals surface area contributed by atoms with Crippen molar-refractivity contribution >= 4 is 11.6 Å². The quantitative estimate of drug-likeness (QED) is 0.816. The summed E-state index contributed by atoms with van der Waals surface area (Å²) in [5.74, 6) is 1.37. The number of carbonyl (C=O) groups excluding carboxylic acids is 1. The first-order chi connectivity index (χ1) is 9.22. The molecule has 1 amide bonds. The first-order valence-electron chi connectivity index (χ1n) is 6.33. The van der Waals surface area contributed by atoms with Crippen molar-refractivity contribution in [2.45, 2.75) is 6.04 Å². The van der Waals surface area contributed by atoms with Gasteiger partial charge in [-0.3, -0.25) is 9.69 Å². The summed E-state index contributed by atoms with van der Waals surface area (Å²) in [5.41, 5.74) is 0.731. The summed E-state index contributed by atoms with van der Waals surface area (Å²) in [6.45, 7) is 2.53. The van der Waals surface area contributed by atoms with E-state index in [2.05, 4.69) is 15.5 Å². The molecular formula is C13H17N3O3. The molecule has 2 N–H and O–H groups in total. The van der Waals surface area contributed by atoms with E-state index in [-0.39, 0.29) is 12.7 Å². The Bertz CT molecular complexity index is 488. The molecule has 2 aliphatic rings. The molecule has 1 aromatic carbocycles. The molecule has 6 nitrogen and oxygen atoms in total. The highest BCUT2D eigenvalue weighted by Crippen LogP contribution is 2.34. The average Bonchev–Trinajstić information content (AvgIpc) is 2.73. The molecule has 0 aromatic heterocycles. The summed E-state index contributed by atoms with van der Waals surface area (Å²) in [5, 5.41) is 6.06. The summed E-state index contributed by atoms with van der Waals surface area (Å²) in [6, 6.07) is 5.86. The molecule has 3 rings (SSSR count). The van der Waals surface area contributed by atoms with Gasteiger partial charge in [-0.2, -0.15) is 0 Å². The molecule has 0 atom stereocenters. The Morgan fingerprint density at radius 2 is 2.21 bits per heavy atom. The molecule has 1 aromatic rings. The van der Waals surface area contributed by atoms with Gasteiger partial charge in [0, 0.05) is 30.9 Å². The zero-order valence-corrected chi connectivity index (χ0v) is 10.8. The lowest BCUT2D eigenvalue weighted by atomic mass is 10.1. The summed E-state index contributed by atoms with van der Waals surface area (Å²) >= 11 is 0. The number of likely N-dealkylation sites (N-methyl/N-ethyl adjacent to an activating group) is 1. The Kier molecular flexibility index (Phi) is 3.27. The lowest BCUT2D eigenvalue weighted by Gasteiger charge is -2.35. The van der Waals surface area contributed by atoms with E-state index in [9.17, 15) is 4.79 Å². The number of hydrogen-bond acceptors (Lipinski definition) is 5. The lowest BCUT2D eigenvalue weighted by Crippen LogP contribution is -2.57. The van der Waals surface area contributed by atoms with E-state index in [1.54, 1.807) is 12.1 Å². The van der Waals surface area contributed by atoms with Crippen molar-refractivity contribution in [1.29, 1.82) is 0 Å². The lowest BCUT2D eigenvalue weighted by molar-refractivity contribution is -0.117. The maximum Gasteiger partial charge on any atom is 0.238 e. The molecular weight excluding hydrogens is 246 g/mol. The Morgan fingerprint density at radius 1 is 1.42 bits per heavy atom. The van der Waals surface area contributed by atoms with Crippen LogP contribution in [0.3, 0.4) is 0 Å². The van der Waals surface area contributed by atoms with Crippen LogP contribution in [-0.2, 0) is 4.79 Å². The number of hydrogen-bond donors (Lipinski definition) is 2. The van der Waals surface area contributed by atoms with Crippen LogP contribution >= 0.6 is 0 Å². The molecule has 0 radical (unpaired) electrons. The van der Waals surface area contributed by atoms with Gasteiger partial charge in [0.05, 0.1) is 6.54 Å². The minimum atomic E-state index is -0.0201. The second kappa shape index (κ2) is 5.07. The Labute approximate surface area is 111 Å². The largest absolute Gasteiger partial charge is 0.454 e. The van der Waals surface area contributed by atoms with Crippen LogP contribution in [-0.4, -0.2) is 50.3 Å². The standard InChI is InChI=1S/C13H17N3O3/c1-16(10-5-14-6-10)7-13(17)15-9-2-3-11-12(4-9)19-8-18-11/h2-4,10,14H,5-8H2,1H3,(H,15,17). The van der Waals surface area contributed by atoms with Gasteiger partial charge in [0.1, 0.15) is 0 Å². The van der Waals surface area contributed by atoms with Crippen molar-refractivity contribution in [2.24, 2.45) is 0 Å². The third-order valence-electron chi connectivity index (χ3n) is 3.43. The molecule has 0 aliphatic carbocycles. The molecule has 0 bridgehead atoms. The summed E-state index contributed by atoms with van der Waals surface area (Å²) < 4.78 is 10.5. The minimum absolute atomic E-state index is 0.0201. The van der Waals surface area contributed by atoms with Crippen LogP contribution in [0.25, 0.3) is 0 Å². The maximum atomic E-state index is 11.9. The van der Waals surface area contributed by atoms with E-state index in [1.807, 2.05) is 13.1 Å². The van der Waals surface area contributed by atoms with Gasteiger partial charge in [0.25, 0.3) is 0 Å². The molecule has 0 unspecified atom stereocenters. The first-order valence-corrected chi connectivity index (χ1v) is 6.33. The number of anilines is 1. The van der Waals surface area contributed by atoms with E-state index in [0.29, 0.717) is 18.3 Å². The van der Waals surface area contributed by atoms with Crippen LogP contribution in [0.5, 0.6) is 11.5 Å². The fourth-order valence-electron chi connectivity index (χ4n) is 2.12. The number of nitrogens with zero attached hydrogens (tertiary/aromatic N) is 1. The van der Waals surface area contributed by atoms with Gasteiger partial charge in [-0.1, -0.05) is 0 Å². The van der Waals surface area contributed by atoms with Crippen molar-refractivity contribution in [3.8, 4) is 11.5 Å². The van der Waals surface area contributed by atoms with Gasteiger partial charge in [-0.15, -0.1) is 0 Å². The van der Waals surface area contributed by atoms with Crippen LogP contribution < -0.4 is 20.1 Å². The van der Waals surface area contributed by atoms with Crippen LogP contribution in [0.4, 0.5) is 5.69 Å². The average molecular weight is 263 g/mol. The van der Waals surface area contributed by atoms with Gasteiger partial charge >= 0.3 is 0 Å². The first kappa shape index (κ1) is 12.3. The second-order valence-electron chi connectivity index (χ2n) is 4.84. The monoisotopic (exact) mass is 263 g/mol. The molecule has 1 fully saturated rings. The summed E-state index contributed by atoms with van der Waals surface area (Å²) in [4.78, 5) is 14.0. The number of fused-ring (bicyclic) bond motifs is 1. The van der Waals surface area contributed by atoms with Gasteiger partial charge in [-0.25, -0.2) is 0 Å². The van der Waals surface area contributed by atoms with Crippen LogP contribution in [0, 0.1) is 0 Å². The molecule has 2 aliphatic heterocycles. The fraction of sp³-hybridized carbons (Fsp3) is 0.462. The Morgan fingerprint density at radius 3 is 2.95 bits per heavy atom. The molecule has 19 heavy (non-hydrogen) atoms. The van der Waals surface area contributed by atoms with Crippen LogP contribution in [0.15, 0.2) is 18.2 Å². The normalized spacial score (nSPS) is 17.4. The van der Waals surface area contributed by atoms with E-state index in [4.69, 9.17) is 9.47 Å². The van der Waals surface area contributed by atoms with Gasteiger partial charge < -0.3 is 20.1 Å². The molecule has 6 heteroatoms. The number of nitrogens with one attached hydrogen (secondary N) is 2. The molecule has 1 saturated heterocycles. The van der Waals surface area contributed by atoms with Gasteiger partial charge in [-0.05, 0) is 19.2 Å². The highest BCUT2D eigenvalue weighted by atomic mass is 16.7. The van der Waals surface area contributed by atoms with Crippen molar-refractivity contribution in [1.82, 2.24) is 10.2 Å². The smallest absolute Gasteiger partial charge is 0.238 e. The van der Waals surface area contributed by atoms with Crippen molar-refractivity contribution in [3.05, 3.63) is 18.2 Å². The van der Waals surface area contributed by atoms with Gasteiger partial charge in [0.2, 0.25) is 12.7 Å². The van der Waals surface area contributed by atoms with E-state index < -0.39 is 0 Å². The fourth-order valence-corrected chi connectivity index (χ4v) is 2.12. The third-order valence-corrected chi connectivity index (χ3v) is 3.43. The number of ether oxygens (including phenoxy) is 2. The van der Waals surface area contributed by atoms with Crippen molar-refractivity contribution in [3.63, 3.8) is 0 Å². The Balaban J connectivity index is 1.56. The van der Waals surface area contributed by atoms with Gasteiger partial charge in [0.15, 0.2) is 11.5 Å². The predicted octanol–water partition coefficient (Wildman–Crippen LogP) is 0.257. The Hall–Kier alpha value is -1.79. The number of amides is 1. The maximum absolute atomic E-state index is 11.9. The zero-order valence-electron chi connectivity index (χ0n) is 10.8. The summed E-state index contributed by atoms with van der Waals surface area (Å²) in [6.07, 6.45) is 0.